The summed E-state index contributed by atoms with van der Waals surface area (Å²) in [6, 6.07) is 10.4. The zero-order valence-electron chi connectivity index (χ0n) is 13.2. The highest BCUT2D eigenvalue weighted by Crippen LogP contribution is 2.24. The molecule has 1 saturated heterocycles. The van der Waals surface area contributed by atoms with Crippen LogP contribution in [0.5, 0.6) is 0 Å². The topological polar surface area (TPSA) is 46.3 Å². The van der Waals surface area contributed by atoms with E-state index in [1.54, 1.807) is 11.8 Å². The van der Waals surface area contributed by atoms with Gasteiger partial charge in [0.15, 0.2) is 5.82 Å². The highest BCUT2D eigenvalue weighted by atomic mass is 32.2. The van der Waals surface area contributed by atoms with E-state index in [2.05, 4.69) is 39.4 Å². The van der Waals surface area contributed by atoms with Gasteiger partial charge in [0, 0.05) is 18.7 Å². The molecule has 0 amide bonds. The fourth-order valence-electron chi connectivity index (χ4n) is 3.14. The van der Waals surface area contributed by atoms with Gasteiger partial charge >= 0.3 is 0 Å². The summed E-state index contributed by atoms with van der Waals surface area (Å²) in [4.78, 5) is 2.53. The molecule has 4 rings (SSSR count). The van der Waals surface area contributed by atoms with Crippen molar-refractivity contribution in [2.75, 3.05) is 25.4 Å². The number of nitrogens with zero attached hydrogens (tertiary/aromatic N) is 5. The minimum Gasteiger partial charge on any atom is -0.303 e. The number of thioether (sulfide) groups is 1. The molecule has 1 aromatic carbocycles. The molecule has 0 unspecified atom stereocenters. The lowest BCUT2D eigenvalue weighted by atomic mass is 10.1. The van der Waals surface area contributed by atoms with Crippen molar-refractivity contribution in [2.45, 2.75) is 30.8 Å². The quantitative estimate of drug-likeness (QED) is 0.866. The van der Waals surface area contributed by atoms with Gasteiger partial charge in [-0.25, -0.2) is 0 Å². The van der Waals surface area contributed by atoms with Crippen LogP contribution in [0.1, 0.15) is 30.7 Å². The second-order valence-electron chi connectivity index (χ2n) is 6.06. The van der Waals surface area contributed by atoms with Crippen LogP contribution in [0.25, 0.3) is 0 Å². The molecular weight excluding hydrogens is 306 g/mol. The Bertz CT molecular complexity index is 688. The number of fused-ring (bicyclic) bond motifs is 1. The van der Waals surface area contributed by atoms with Gasteiger partial charge in [0.25, 0.3) is 0 Å². The maximum absolute atomic E-state index is 4.81. The lowest BCUT2D eigenvalue weighted by molar-refractivity contribution is 0.229. The van der Waals surface area contributed by atoms with Crippen molar-refractivity contribution in [2.24, 2.45) is 5.10 Å². The van der Waals surface area contributed by atoms with E-state index in [9.17, 15) is 0 Å². The molecule has 1 fully saturated rings. The molecule has 3 heterocycles. The van der Waals surface area contributed by atoms with Gasteiger partial charge in [0.1, 0.15) is 0 Å². The molecule has 2 aliphatic rings. The smallest absolute Gasteiger partial charge is 0.212 e. The molecule has 0 radical (unpaired) electrons. The Kier molecular flexibility index (Phi) is 4.43. The van der Waals surface area contributed by atoms with Gasteiger partial charge in [-0.05, 0) is 31.5 Å². The summed E-state index contributed by atoms with van der Waals surface area (Å²) in [5.74, 6) is 1.83. The fourth-order valence-corrected chi connectivity index (χ4v) is 3.99. The monoisotopic (exact) mass is 327 g/mol. The van der Waals surface area contributed by atoms with Gasteiger partial charge in [0.2, 0.25) is 5.16 Å². The molecule has 0 saturated carbocycles. The Labute approximate surface area is 140 Å². The van der Waals surface area contributed by atoms with Gasteiger partial charge in [-0.3, -0.25) is 0 Å². The first kappa shape index (κ1) is 14.9. The van der Waals surface area contributed by atoms with E-state index in [0.29, 0.717) is 0 Å². The third-order valence-electron chi connectivity index (χ3n) is 4.44. The first-order chi connectivity index (χ1) is 11.4. The van der Waals surface area contributed by atoms with Crippen LogP contribution in [-0.2, 0) is 6.42 Å². The van der Waals surface area contributed by atoms with Crippen LogP contribution in [0.2, 0.25) is 0 Å². The second kappa shape index (κ2) is 6.84. The fraction of sp³-hybridized carbons (Fsp3) is 0.471. The summed E-state index contributed by atoms with van der Waals surface area (Å²) in [6.07, 6.45) is 4.94. The summed E-state index contributed by atoms with van der Waals surface area (Å²) in [6.45, 7) is 3.49. The summed E-state index contributed by atoms with van der Waals surface area (Å²) in [5.41, 5.74) is 2.28. The van der Waals surface area contributed by atoms with Crippen molar-refractivity contribution in [3.63, 3.8) is 0 Å². The van der Waals surface area contributed by atoms with Crippen LogP contribution in [-0.4, -0.2) is 50.9 Å². The zero-order chi connectivity index (χ0) is 15.5. The average molecular weight is 327 g/mol. The molecule has 0 aliphatic carbocycles. The SMILES string of the molecule is c1ccc(C2=Nn3c(CCN4CCCCC4)nnc3SC2)cc1. The lowest BCUT2D eigenvalue weighted by Crippen LogP contribution is -2.32. The van der Waals surface area contributed by atoms with Gasteiger partial charge < -0.3 is 4.90 Å². The van der Waals surface area contributed by atoms with Crippen LogP contribution < -0.4 is 0 Å². The largest absolute Gasteiger partial charge is 0.303 e. The number of benzene rings is 1. The highest BCUT2D eigenvalue weighted by Gasteiger charge is 2.20. The van der Waals surface area contributed by atoms with Gasteiger partial charge in [-0.15, -0.1) is 10.2 Å². The number of rotatable bonds is 4. The first-order valence-electron chi connectivity index (χ1n) is 8.33. The number of likely N-dealkylation sites (tertiary alicyclic amines) is 1. The van der Waals surface area contributed by atoms with Crippen LogP contribution in [0.4, 0.5) is 0 Å². The lowest BCUT2D eigenvalue weighted by Gasteiger charge is -2.26. The molecule has 6 heteroatoms. The van der Waals surface area contributed by atoms with E-state index in [1.165, 1.54) is 37.9 Å². The number of piperidine rings is 1. The Morgan fingerprint density at radius 1 is 1.00 bits per heavy atom. The van der Waals surface area contributed by atoms with Crippen molar-refractivity contribution >= 4 is 17.5 Å². The summed E-state index contributed by atoms with van der Waals surface area (Å²) >= 11 is 1.72. The van der Waals surface area contributed by atoms with Gasteiger partial charge in [-0.2, -0.15) is 9.78 Å². The molecule has 5 nitrogen and oxygen atoms in total. The standard InChI is InChI=1S/C17H21N5S/c1-3-7-14(8-4-1)15-13-23-17-19-18-16(22(17)20-15)9-12-21-10-5-2-6-11-21/h1,3-4,7-8H,2,5-6,9-13H2. The number of hydrogen-bond acceptors (Lipinski definition) is 5. The van der Waals surface area contributed by atoms with Crippen molar-refractivity contribution in [3.8, 4) is 0 Å². The van der Waals surface area contributed by atoms with E-state index < -0.39 is 0 Å². The maximum Gasteiger partial charge on any atom is 0.212 e. The predicted octanol–water partition coefficient (Wildman–Crippen LogP) is 2.66. The first-order valence-corrected chi connectivity index (χ1v) is 9.31. The molecule has 0 bridgehead atoms. The van der Waals surface area contributed by atoms with E-state index in [4.69, 9.17) is 5.10 Å². The van der Waals surface area contributed by atoms with Crippen LogP contribution in [0, 0.1) is 0 Å². The highest BCUT2D eigenvalue weighted by molar-refractivity contribution is 7.99. The predicted molar refractivity (Wildman–Crippen MR) is 93.1 cm³/mol. The van der Waals surface area contributed by atoms with E-state index >= 15 is 0 Å². The molecule has 1 aromatic heterocycles. The van der Waals surface area contributed by atoms with E-state index in [0.717, 1.165) is 35.4 Å². The zero-order valence-corrected chi connectivity index (χ0v) is 14.0. The Hall–Kier alpha value is -1.66. The molecule has 0 N–H and O–H groups in total. The molecule has 0 spiro atoms. The molecule has 0 atom stereocenters. The Morgan fingerprint density at radius 2 is 1.83 bits per heavy atom. The molecule has 120 valence electrons. The summed E-state index contributed by atoms with van der Waals surface area (Å²) in [7, 11) is 0. The van der Waals surface area contributed by atoms with Crippen molar-refractivity contribution in [3.05, 3.63) is 41.7 Å². The molecular formula is C17H21N5S. The maximum atomic E-state index is 4.81. The van der Waals surface area contributed by atoms with Crippen LogP contribution in [0.15, 0.2) is 40.6 Å². The summed E-state index contributed by atoms with van der Waals surface area (Å²) < 4.78 is 1.94. The van der Waals surface area contributed by atoms with Crippen molar-refractivity contribution in [1.82, 2.24) is 19.8 Å². The minimum atomic E-state index is 0.855. The third-order valence-corrected chi connectivity index (χ3v) is 5.37. The third kappa shape index (κ3) is 3.33. The normalized spacial score (nSPS) is 18.5. The van der Waals surface area contributed by atoms with Crippen molar-refractivity contribution in [1.29, 1.82) is 0 Å². The average Bonchev–Trinajstić information content (AvgIpc) is 3.04. The van der Waals surface area contributed by atoms with Crippen LogP contribution in [0.3, 0.4) is 0 Å². The van der Waals surface area contributed by atoms with E-state index in [-0.39, 0.29) is 0 Å². The Morgan fingerprint density at radius 3 is 2.65 bits per heavy atom. The second-order valence-corrected chi connectivity index (χ2v) is 7.01. The molecule has 23 heavy (non-hydrogen) atoms. The van der Waals surface area contributed by atoms with E-state index in [1.807, 2.05) is 10.7 Å². The van der Waals surface area contributed by atoms with Gasteiger partial charge in [-0.1, -0.05) is 48.5 Å². The molecule has 2 aliphatic heterocycles. The van der Waals surface area contributed by atoms with Crippen molar-refractivity contribution < 1.29 is 0 Å². The minimum absolute atomic E-state index is 0.855. The van der Waals surface area contributed by atoms with Gasteiger partial charge in [0.05, 0.1) is 5.71 Å². The van der Waals surface area contributed by atoms with Crippen LogP contribution >= 0.6 is 11.8 Å². The Balaban J connectivity index is 1.51. The number of hydrogen-bond donors (Lipinski definition) is 0. The summed E-state index contributed by atoms with van der Waals surface area (Å²) in [5, 5.41) is 14.4. The molecule has 2 aromatic rings. The number of aromatic nitrogens is 3.